The summed E-state index contributed by atoms with van der Waals surface area (Å²) in [4.78, 5) is 56.2. The monoisotopic (exact) mass is 510 g/mol. The summed E-state index contributed by atoms with van der Waals surface area (Å²) in [6.45, 7) is 1.41. The molecule has 8 nitrogen and oxygen atoms in total. The second-order valence-electron chi connectivity index (χ2n) is 9.77. The molecule has 37 heavy (non-hydrogen) atoms. The van der Waals surface area contributed by atoms with Crippen LogP contribution in [0.15, 0.2) is 46.0 Å². The highest BCUT2D eigenvalue weighted by Crippen LogP contribution is 2.26. The lowest BCUT2D eigenvalue weighted by molar-refractivity contribution is -0.138. The van der Waals surface area contributed by atoms with Gasteiger partial charge in [-0.1, -0.05) is 25.3 Å². The molecule has 5 rings (SSSR count). The van der Waals surface area contributed by atoms with Crippen molar-refractivity contribution in [3.8, 4) is 0 Å². The van der Waals surface area contributed by atoms with Gasteiger partial charge >= 0.3 is 5.69 Å². The Morgan fingerprint density at radius 3 is 2.32 bits per heavy atom. The van der Waals surface area contributed by atoms with Crippen molar-refractivity contribution in [2.24, 2.45) is 5.92 Å². The minimum Gasteiger partial charge on any atom is -0.339 e. The molecule has 194 valence electrons. The van der Waals surface area contributed by atoms with E-state index in [0.717, 1.165) is 37.8 Å². The smallest absolute Gasteiger partial charge is 0.329 e. The number of H-pyrrole nitrogens is 1. The highest BCUT2D eigenvalue weighted by Gasteiger charge is 2.30. The van der Waals surface area contributed by atoms with E-state index in [2.05, 4.69) is 4.98 Å². The molecule has 10 heteroatoms. The van der Waals surface area contributed by atoms with Crippen LogP contribution >= 0.6 is 0 Å². The first-order chi connectivity index (χ1) is 17.8. The van der Waals surface area contributed by atoms with Crippen molar-refractivity contribution in [2.45, 2.75) is 38.6 Å². The zero-order valence-electron chi connectivity index (χ0n) is 20.3. The summed E-state index contributed by atoms with van der Waals surface area (Å²) in [5.41, 5.74) is -0.828. The minimum absolute atomic E-state index is 0.0126. The fourth-order valence-corrected chi connectivity index (χ4v) is 5.35. The molecule has 0 radical (unpaired) electrons. The Kier molecular flexibility index (Phi) is 6.90. The van der Waals surface area contributed by atoms with E-state index in [-0.39, 0.29) is 34.8 Å². The van der Waals surface area contributed by atoms with Crippen LogP contribution in [0.3, 0.4) is 0 Å². The molecule has 3 aromatic rings. The van der Waals surface area contributed by atoms with E-state index < -0.39 is 28.8 Å². The maximum Gasteiger partial charge on any atom is 0.329 e. The van der Waals surface area contributed by atoms with Crippen molar-refractivity contribution in [3.63, 3.8) is 0 Å². The number of piperazine rings is 1. The molecule has 2 heterocycles. The Bertz CT molecular complexity index is 1470. The van der Waals surface area contributed by atoms with Gasteiger partial charge in [0, 0.05) is 32.1 Å². The van der Waals surface area contributed by atoms with Crippen molar-refractivity contribution in [3.05, 3.63) is 80.0 Å². The molecule has 1 aromatic heterocycles. The number of nitrogens with one attached hydrogen (secondary N) is 1. The molecular weight excluding hydrogens is 482 g/mol. The lowest BCUT2D eigenvalue weighted by Crippen LogP contribution is -2.52. The lowest BCUT2D eigenvalue weighted by Gasteiger charge is -2.37. The summed E-state index contributed by atoms with van der Waals surface area (Å²) in [5.74, 6) is -1.56. The highest BCUT2D eigenvalue weighted by atomic mass is 19.1. The zero-order chi connectivity index (χ0) is 26.1. The number of hydrogen-bond donors (Lipinski definition) is 1. The molecule has 0 unspecified atom stereocenters. The van der Waals surface area contributed by atoms with Gasteiger partial charge in [0.2, 0.25) is 5.91 Å². The fraction of sp³-hybridized carbons (Fsp3) is 0.407. The molecule has 2 aromatic carbocycles. The number of carbonyl (C=O) groups is 2. The topological polar surface area (TPSA) is 95.5 Å². The standard InChI is InChI=1S/C27H28F2N4O4/c28-19-7-9-23-21(15-19)24(34)30-27(37)33(23)16-17-6-8-22(29)20(14-17)26(36)32-12-10-31(11-13-32)25(35)18-4-2-1-3-5-18/h6-9,14-15,18H,1-5,10-13,16H2,(H,30,34,37). The van der Waals surface area contributed by atoms with Crippen LogP contribution in [-0.2, 0) is 11.3 Å². The fourth-order valence-electron chi connectivity index (χ4n) is 5.35. The van der Waals surface area contributed by atoms with Crippen molar-refractivity contribution in [2.75, 3.05) is 26.2 Å². The number of halogens is 2. The number of rotatable bonds is 4. The highest BCUT2D eigenvalue weighted by molar-refractivity contribution is 5.95. The quantitative estimate of drug-likeness (QED) is 0.584. The van der Waals surface area contributed by atoms with Gasteiger partial charge in [-0.2, -0.15) is 0 Å². The molecule has 2 amide bonds. The second kappa shape index (κ2) is 10.3. The number of aromatic amines is 1. The second-order valence-corrected chi connectivity index (χ2v) is 9.77. The maximum atomic E-state index is 14.7. The Morgan fingerprint density at radius 2 is 1.59 bits per heavy atom. The van der Waals surface area contributed by atoms with Crippen LogP contribution in [0, 0.1) is 17.6 Å². The van der Waals surface area contributed by atoms with E-state index in [1.165, 1.54) is 40.2 Å². The van der Waals surface area contributed by atoms with Crippen LogP contribution in [0.1, 0.15) is 48.0 Å². The third-order valence-corrected chi connectivity index (χ3v) is 7.39. The van der Waals surface area contributed by atoms with Crippen LogP contribution in [0.25, 0.3) is 10.9 Å². The Hall–Kier alpha value is -3.82. The Balaban J connectivity index is 1.33. The average molecular weight is 511 g/mol. The van der Waals surface area contributed by atoms with E-state index in [0.29, 0.717) is 31.7 Å². The number of hydrogen-bond acceptors (Lipinski definition) is 4. The first kappa shape index (κ1) is 24.9. The molecule has 1 aliphatic heterocycles. The summed E-state index contributed by atoms with van der Waals surface area (Å²) in [6.07, 6.45) is 5.14. The normalized spacial score (nSPS) is 16.8. The first-order valence-electron chi connectivity index (χ1n) is 12.6. The van der Waals surface area contributed by atoms with Gasteiger partial charge in [0.1, 0.15) is 11.6 Å². The van der Waals surface area contributed by atoms with E-state index in [1.54, 1.807) is 0 Å². The summed E-state index contributed by atoms with van der Waals surface area (Å²) in [7, 11) is 0. The van der Waals surface area contributed by atoms with E-state index in [4.69, 9.17) is 0 Å². The van der Waals surface area contributed by atoms with Crippen LogP contribution in [0.2, 0.25) is 0 Å². The predicted molar refractivity (Wildman–Crippen MR) is 133 cm³/mol. The van der Waals surface area contributed by atoms with Crippen LogP contribution in [0.4, 0.5) is 8.78 Å². The average Bonchev–Trinajstić information content (AvgIpc) is 2.92. The zero-order valence-corrected chi connectivity index (χ0v) is 20.3. The van der Waals surface area contributed by atoms with Crippen molar-refractivity contribution in [1.29, 1.82) is 0 Å². The molecule has 1 aliphatic carbocycles. The molecule has 2 fully saturated rings. The maximum absolute atomic E-state index is 14.7. The Morgan fingerprint density at radius 1 is 0.892 bits per heavy atom. The number of nitrogens with zero attached hydrogens (tertiary/aromatic N) is 3. The summed E-state index contributed by atoms with van der Waals surface area (Å²) in [5, 5.41) is 0.0126. The van der Waals surface area contributed by atoms with Crippen LogP contribution in [-0.4, -0.2) is 57.3 Å². The van der Waals surface area contributed by atoms with E-state index in [1.807, 2.05) is 4.90 Å². The minimum atomic E-state index is -0.702. The molecule has 0 bridgehead atoms. The predicted octanol–water partition coefficient (Wildman–Crippen LogP) is 2.88. The SMILES string of the molecule is O=C(c1cc(Cn2c(=O)[nH]c(=O)c3cc(F)ccc32)ccc1F)N1CCN(C(=O)C2CCCCC2)CC1. The summed E-state index contributed by atoms with van der Waals surface area (Å²) >= 11 is 0. The van der Waals surface area contributed by atoms with Crippen molar-refractivity contribution >= 4 is 22.7 Å². The van der Waals surface area contributed by atoms with Gasteiger partial charge in [0.15, 0.2) is 0 Å². The summed E-state index contributed by atoms with van der Waals surface area (Å²) in [6, 6.07) is 7.55. The van der Waals surface area contributed by atoms with Gasteiger partial charge in [-0.25, -0.2) is 13.6 Å². The van der Waals surface area contributed by atoms with Gasteiger partial charge in [-0.05, 0) is 48.7 Å². The number of amides is 2. The number of fused-ring (bicyclic) bond motifs is 1. The van der Waals surface area contributed by atoms with Crippen LogP contribution in [0.5, 0.6) is 0 Å². The molecule has 2 aliphatic rings. The van der Waals surface area contributed by atoms with Gasteiger partial charge in [-0.3, -0.25) is 23.9 Å². The molecule has 1 N–H and O–H groups in total. The molecule has 1 saturated heterocycles. The summed E-state index contributed by atoms with van der Waals surface area (Å²) < 4.78 is 29.6. The largest absolute Gasteiger partial charge is 0.339 e. The molecule has 0 atom stereocenters. The van der Waals surface area contributed by atoms with Gasteiger partial charge < -0.3 is 9.80 Å². The third kappa shape index (κ3) is 5.05. The number of benzene rings is 2. The molecule has 0 spiro atoms. The van der Waals surface area contributed by atoms with Gasteiger partial charge in [-0.15, -0.1) is 0 Å². The molecular formula is C27H28F2N4O4. The Labute approximate surface area is 211 Å². The lowest BCUT2D eigenvalue weighted by atomic mass is 9.88. The third-order valence-electron chi connectivity index (χ3n) is 7.39. The first-order valence-corrected chi connectivity index (χ1v) is 12.6. The number of aromatic nitrogens is 2. The molecule has 1 saturated carbocycles. The van der Waals surface area contributed by atoms with Gasteiger partial charge in [0.05, 0.1) is 23.0 Å². The van der Waals surface area contributed by atoms with Crippen molar-refractivity contribution < 1.29 is 18.4 Å². The number of carbonyl (C=O) groups excluding carboxylic acids is 2. The van der Waals surface area contributed by atoms with E-state index >= 15 is 0 Å². The van der Waals surface area contributed by atoms with Gasteiger partial charge in [0.25, 0.3) is 11.5 Å². The van der Waals surface area contributed by atoms with Crippen molar-refractivity contribution in [1.82, 2.24) is 19.4 Å². The van der Waals surface area contributed by atoms with E-state index in [9.17, 15) is 28.0 Å². The van der Waals surface area contributed by atoms with Crippen LogP contribution < -0.4 is 11.2 Å².